The van der Waals surface area contributed by atoms with Gasteiger partial charge in [0, 0.05) is 34.0 Å². The SMILES string of the molecule is COc1cc(Br)c2c3c1O[C@H]1C(=O)[C@@H](C)[C@H](C)[C@H]4[C@@H](C2)N(CC2CCC2)CC[C@@]341. The third kappa shape index (κ3) is 2.21. The van der Waals surface area contributed by atoms with Gasteiger partial charge in [0.15, 0.2) is 23.4 Å². The number of ketones is 1. The van der Waals surface area contributed by atoms with E-state index < -0.39 is 0 Å². The number of carbonyl (C=O) groups is 1. The van der Waals surface area contributed by atoms with E-state index in [1.807, 2.05) is 6.07 Å². The van der Waals surface area contributed by atoms with Crippen LogP contribution >= 0.6 is 15.9 Å². The molecule has 1 spiro atoms. The van der Waals surface area contributed by atoms with Gasteiger partial charge in [0.1, 0.15) is 0 Å². The quantitative estimate of drug-likeness (QED) is 0.672. The van der Waals surface area contributed by atoms with Crippen LogP contribution in [0.1, 0.15) is 50.7 Å². The fourth-order valence-corrected chi connectivity index (χ4v) is 8.00. The van der Waals surface area contributed by atoms with Crippen molar-refractivity contribution >= 4 is 21.7 Å². The third-order valence-corrected chi connectivity index (χ3v) is 9.88. The first kappa shape index (κ1) is 18.7. The minimum absolute atomic E-state index is 0.0505. The smallest absolute Gasteiger partial charge is 0.177 e. The van der Waals surface area contributed by atoms with E-state index in [1.54, 1.807) is 7.11 Å². The highest BCUT2D eigenvalue weighted by molar-refractivity contribution is 9.10. The highest BCUT2D eigenvalue weighted by Crippen LogP contribution is 2.66. The summed E-state index contributed by atoms with van der Waals surface area (Å²) in [6.07, 6.45) is 5.89. The molecule has 29 heavy (non-hydrogen) atoms. The molecule has 156 valence electrons. The van der Waals surface area contributed by atoms with Crippen LogP contribution in [0.3, 0.4) is 0 Å². The van der Waals surface area contributed by atoms with Crippen LogP contribution in [0.4, 0.5) is 0 Å². The zero-order valence-electron chi connectivity index (χ0n) is 17.5. The van der Waals surface area contributed by atoms with Gasteiger partial charge < -0.3 is 9.47 Å². The fourth-order valence-electron chi connectivity index (χ4n) is 7.43. The van der Waals surface area contributed by atoms with Crippen LogP contribution in [0, 0.1) is 23.7 Å². The van der Waals surface area contributed by atoms with Gasteiger partial charge in [-0.1, -0.05) is 36.2 Å². The molecule has 5 heteroatoms. The van der Waals surface area contributed by atoms with Crippen LogP contribution in [0.25, 0.3) is 0 Å². The molecule has 2 saturated carbocycles. The molecule has 3 fully saturated rings. The molecular formula is C24H30BrNO3. The fraction of sp³-hybridized carbons (Fsp3) is 0.708. The van der Waals surface area contributed by atoms with Gasteiger partial charge in [-0.25, -0.2) is 0 Å². The number of methoxy groups -OCH3 is 1. The molecule has 2 bridgehead atoms. The van der Waals surface area contributed by atoms with E-state index in [4.69, 9.17) is 9.47 Å². The Bertz CT molecular complexity index is 897. The second-order valence-electron chi connectivity index (χ2n) is 10.2. The van der Waals surface area contributed by atoms with Gasteiger partial charge in [0.2, 0.25) is 0 Å². The monoisotopic (exact) mass is 459 g/mol. The van der Waals surface area contributed by atoms with Gasteiger partial charge in [0.05, 0.1) is 7.11 Å². The Morgan fingerprint density at radius 1 is 1.34 bits per heavy atom. The van der Waals surface area contributed by atoms with Crippen molar-refractivity contribution in [3.8, 4) is 11.5 Å². The van der Waals surface area contributed by atoms with E-state index in [-0.39, 0.29) is 17.4 Å². The predicted molar refractivity (Wildman–Crippen MR) is 115 cm³/mol. The summed E-state index contributed by atoms with van der Waals surface area (Å²) in [5.41, 5.74) is 2.48. The lowest BCUT2D eigenvalue weighted by molar-refractivity contribution is -0.152. The molecule has 6 atom stereocenters. The zero-order valence-corrected chi connectivity index (χ0v) is 19.1. The third-order valence-electron chi connectivity index (χ3n) is 9.17. The Morgan fingerprint density at radius 2 is 2.14 bits per heavy atom. The second-order valence-corrected chi connectivity index (χ2v) is 11.0. The van der Waals surface area contributed by atoms with Crippen LogP contribution in [0.15, 0.2) is 10.5 Å². The largest absolute Gasteiger partial charge is 0.493 e. The average Bonchev–Trinajstić information content (AvgIpc) is 3.01. The topological polar surface area (TPSA) is 38.8 Å². The molecule has 6 rings (SSSR count). The van der Waals surface area contributed by atoms with E-state index in [0.717, 1.165) is 41.3 Å². The van der Waals surface area contributed by atoms with E-state index in [9.17, 15) is 4.79 Å². The minimum atomic E-state index is -0.343. The van der Waals surface area contributed by atoms with Gasteiger partial charge in [-0.2, -0.15) is 0 Å². The Kier molecular flexibility index (Phi) is 4.01. The summed E-state index contributed by atoms with van der Waals surface area (Å²) in [5, 5.41) is 0. The highest BCUT2D eigenvalue weighted by atomic mass is 79.9. The summed E-state index contributed by atoms with van der Waals surface area (Å²) < 4.78 is 13.3. The van der Waals surface area contributed by atoms with E-state index in [1.165, 1.54) is 36.9 Å². The van der Waals surface area contributed by atoms with E-state index in [0.29, 0.717) is 23.7 Å². The summed E-state index contributed by atoms with van der Waals surface area (Å²) in [5.74, 6) is 3.68. The zero-order chi connectivity index (χ0) is 20.1. The van der Waals surface area contributed by atoms with Crippen molar-refractivity contribution in [2.24, 2.45) is 23.7 Å². The lowest BCUT2D eigenvalue weighted by Gasteiger charge is -2.61. The molecule has 0 amide bonds. The summed E-state index contributed by atoms with van der Waals surface area (Å²) >= 11 is 3.85. The first-order valence-electron chi connectivity index (χ1n) is 11.3. The van der Waals surface area contributed by atoms with Gasteiger partial charge in [-0.3, -0.25) is 9.69 Å². The molecule has 0 radical (unpaired) electrons. The van der Waals surface area contributed by atoms with Crippen molar-refractivity contribution in [2.45, 2.75) is 63.5 Å². The number of piperidine rings is 1. The molecule has 0 N–H and O–H groups in total. The normalized spacial score (nSPS) is 40.3. The number of likely N-dealkylation sites (tertiary alicyclic amines) is 1. The van der Waals surface area contributed by atoms with Crippen LogP contribution in [-0.2, 0) is 16.6 Å². The molecule has 4 nitrogen and oxygen atoms in total. The second kappa shape index (κ2) is 6.23. The summed E-state index contributed by atoms with van der Waals surface area (Å²) in [6, 6.07) is 2.55. The van der Waals surface area contributed by atoms with Crippen molar-refractivity contribution in [2.75, 3.05) is 20.2 Å². The maximum absolute atomic E-state index is 13.5. The number of benzene rings is 1. The van der Waals surface area contributed by atoms with Crippen molar-refractivity contribution in [1.82, 2.24) is 4.90 Å². The van der Waals surface area contributed by atoms with Crippen LogP contribution in [0.2, 0.25) is 0 Å². The number of hydrogen-bond acceptors (Lipinski definition) is 4. The van der Waals surface area contributed by atoms with Crippen LogP contribution < -0.4 is 9.47 Å². The maximum atomic E-state index is 13.5. The molecule has 0 aromatic heterocycles. The van der Waals surface area contributed by atoms with E-state index >= 15 is 0 Å². The minimum Gasteiger partial charge on any atom is -0.493 e. The molecule has 1 saturated heterocycles. The number of rotatable bonds is 3. The number of Topliss-reactive ketones (excluding diaryl/α,β-unsaturated/α-hetero) is 1. The molecule has 0 unspecified atom stereocenters. The molecule has 2 aliphatic heterocycles. The average molecular weight is 460 g/mol. The number of ether oxygens (including phenoxy) is 2. The number of halogens is 1. The molecule has 3 aliphatic carbocycles. The Hall–Kier alpha value is -1.07. The Morgan fingerprint density at radius 3 is 2.83 bits per heavy atom. The predicted octanol–water partition coefficient (Wildman–Crippen LogP) is 4.36. The number of carbonyl (C=O) groups excluding carboxylic acids is 1. The van der Waals surface area contributed by atoms with Gasteiger partial charge in [-0.15, -0.1) is 0 Å². The maximum Gasteiger partial charge on any atom is 0.177 e. The lowest BCUT2D eigenvalue weighted by Crippen LogP contribution is -2.70. The van der Waals surface area contributed by atoms with Crippen LogP contribution in [-0.4, -0.2) is 43.0 Å². The Labute approximate surface area is 181 Å². The summed E-state index contributed by atoms with van der Waals surface area (Å²) in [4.78, 5) is 16.3. The number of nitrogens with zero attached hydrogens (tertiary/aromatic N) is 1. The molecule has 1 aromatic carbocycles. The molecule has 2 heterocycles. The first-order chi connectivity index (χ1) is 14.0. The van der Waals surface area contributed by atoms with Gasteiger partial charge in [0.25, 0.3) is 0 Å². The van der Waals surface area contributed by atoms with Crippen molar-refractivity contribution in [1.29, 1.82) is 0 Å². The van der Waals surface area contributed by atoms with Crippen molar-refractivity contribution in [3.05, 3.63) is 21.7 Å². The highest BCUT2D eigenvalue weighted by Gasteiger charge is 2.69. The first-order valence-corrected chi connectivity index (χ1v) is 12.1. The van der Waals surface area contributed by atoms with Crippen LogP contribution in [0.5, 0.6) is 11.5 Å². The summed E-state index contributed by atoms with van der Waals surface area (Å²) in [6.45, 7) is 6.76. The lowest BCUT2D eigenvalue weighted by atomic mass is 9.47. The standard InChI is InChI=1S/C24H30BrNO3/c1-12-13(2)21(27)23-24-7-8-26(11-14-5-4-6-14)17(19(12)24)9-15-16(25)10-18(28-3)22(29-23)20(15)24/h10,12-14,17,19,23H,4-9,11H2,1-3H3/t12-,13-,17+,19-,23-,24-/m0/s1. The molecule has 1 aromatic rings. The van der Waals surface area contributed by atoms with Gasteiger partial charge in [-0.05, 0) is 61.6 Å². The number of hydrogen-bond donors (Lipinski definition) is 0. The summed E-state index contributed by atoms with van der Waals surface area (Å²) in [7, 11) is 1.70. The van der Waals surface area contributed by atoms with Crippen molar-refractivity contribution < 1.29 is 14.3 Å². The van der Waals surface area contributed by atoms with E-state index in [2.05, 4.69) is 34.7 Å². The molecular weight excluding hydrogens is 430 g/mol. The molecule has 5 aliphatic rings. The Balaban J connectivity index is 1.55. The van der Waals surface area contributed by atoms with Gasteiger partial charge >= 0.3 is 0 Å². The van der Waals surface area contributed by atoms with Crippen molar-refractivity contribution in [3.63, 3.8) is 0 Å².